The van der Waals surface area contributed by atoms with E-state index in [0.717, 1.165) is 12.1 Å². The lowest BCUT2D eigenvalue weighted by atomic mass is 9.97. The van der Waals surface area contributed by atoms with E-state index in [2.05, 4.69) is 17.1 Å². The van der Waals surface area contributed by atoms with Crippen LogP contribution in [0.2, 0.25) is 0 Å². The van der Waals surface area contributed by atoms with Gasteiger partial charge in [0.15, 0.2) is 0 Å². The first-order valence-electron chi connectivity index (χ1n) is 7.37. The van der Waals surface area contributed by atoms with Gasteiger partial charge in [-0.05, 0) is 58.2 Å². The topological polar surface area (TPSA) is 15.3 Å². The van der Waals surface area contributed by atoms with Crippen molar-refractivity contribution in [2.24, 2.45) is 0 Å². The van der Waals surface area contributed by atoms with Gasteiger partial charge in [0, 0.05) is 12.1 Å². The Labute approximate surface area is 101 Å². The number of likely N-dealkylation sites (tertiary alicyclic amines) is 1. The molecule has 2 fully saturated rings. The Bertz CT molecular complexity index is 187. The van der Waals surface area contributed by atoms with Crippen LogP contribution in [-0.2, 0) is 0 Å². The van der Waals surface area contributed by atoms with Crippen LogP contribution >= 0.6 is 0 Å². The van der Waals surface area contributed by atoms with Gasteiger partial charge < -0.3 is 10.2 Å². The average Bonchev–Trinajstić information content (AvgIpc) is 2.38. The predicted molar refractivity (Wildman–Crippen MR) is 69.8 cm³/mol. The molecule has 0 unspecified atom stereocenters. The van der Waals surface area contributed by atoms with Gasteiger partial charge in [-0.25, -0.2) is 0 Å². The molecular formula is C14H28N2. The van der Waals surface area contributed by atoms with Crippen molar-refractivity contribution in [2.75, 3.05) is 19.6 Å². The molecule has 0 amide bonds. The summed E-state index contributed by atoms with van der Waals surface area (Å²) in [4.78, 5) is 2.75. The van der Waals surface area contributed by atoms with E-state index >= 15 is 0 Å². The molecule has 0 saturated carbocycles. The lowest BCUT2D eigenvalue weighted by Gasteiger charge is -2.36. The Balaban J connectivity index is 1.70. The molecule has 2 aliphatic heterocycles. The Hall–Kier alpha value is -0.0800. The van der Waals surface area contributed by atoms with Crippen LogP contribution in [0, 0.1) is 0 Å². The van der Waals surface area contributed by atoms with E-state index in [4.69, 9.17) is 0 Å². The highest BCUT2D eigenvalue weighted by atomic mass is 15.2. The molecule has 0 aromatic heterocycles. The third kappa shape index (κ3) is 3.46. The van der Waals surface area contributed by atoms with Crippen molar-refractivity contribution in [3.63, 3.8) is 0 Å². The Kier molecular flexibility index (Phi) is 5.11. The maximum Gasteiger partial charge on any atom is 0.00926 e. The molecule has 0 bridgehead atoms. The largest absolute Gasteiger partial charge is 0.314 e. The van der Waals surface area contributed by atoms with E-state index in [1.54, 1.807) is 0 Å². The van der Waals surface area contributed by atoms with Crippen molar-refractivity contribution in [1.29, 1.82) is 0 Å². The van der Waals surface area contributed by atoms with Gasteiger partial charge in [-0.3, -0.25) is 0 Å². The Morgan fingerprint density at radius 2 is 2.00 bits per heavy atom. The molecule has 2 saturated heterocycles. The average molecular weight is 224 g/mol. The molecule has 2 aliphatic rings. The summed E-state index contributed by atoms with van der Waals surface area (Å²) >= 11 is 0. The van der Waals surface area contributed by atoms with E-state index in [1.807, 2.05) is 0 Å². The van der Waals surface area contributed by atoms with Gasteiger partial charge in [0.2, 0.25) is 0 Å². The number of hydrogen-bond acceptors (Lipinski definition) is 2. The third-order valence-corrected chi connectivity index (χ3v) is 4.40. The maximum atomic E-state index is 3.66. The molecular weight excluding hydrogens is 196 g/mol. The lowest BCUT2D eigenvalue weighted by molar-refractivity contribution is 0.135. The summed E-state index contributed by atoms with van der Waals surface area (Å²) in [5.41, 5.74) is 0. The summed E-state index contributed by atoms with van der Waals surface area (Å²) in [5.74, 6) is 0. The second-order valence-electron chi connectivity index (χ2n) is 5.53. The van der Waals surface area contributed by atoms with Crippen LogP contribution in [0.3, 0.4) is 0 Å². The molecule has 0 aliphatic carbocycles. The van der Waals surface area contributed by atoms with E-state index in [-0.39, 0.29) is 0 Å². The fourth-order valence-corrected chi connectivity index (χ4v) is 3.31. The number of hydrogen-bond donors (Lipinski definition) is 1. The molecule has 2 atom stereocenters. The molecule has 2 nitrogen and oxygen atoms in total. The van der Waals surface area contributed by atoms with Gasteiger partial charge in [0.25, 0.3) is 0 Å². The minimum atomic E-state index is 0.813. The number of nitrogens with zero attached hydrogens (tertiary/aromatic N) is 1. The minimum absolute atomic E-state index is 0.813. The zero-order valence-corrected chi connectivity index (χ0v) is 10.9. The molecule has 1 N–H and O–H groups in total. The lowest BCUT2D eigenvalue weighted by Crippen LogP contribution is -2.43. The summed E-state index contributed by atoms with van der Waals surface area (Å²) in [6.07, 6.45) is 11.3. The summed E-state index contributed by atoms with van der Waals surface area (Å²) in [7, 11) is 0. The van der Waals surface area contributed by atoms with E-state index in [9.17, 15) is 0 Å². The van der Waals surface area contributed by atoms with Gasteiger partial charge in [-0.15, -0.1) is 0 Å². The molecule has 94 valence electrons. The van der Waals surface area contributed by atoms with E-state index in [0.29, 0.717) is 0 Å². The molecule has 0 spiro atoms. The molecule has 0 radical (unpaired) electrons. The minimum Gasteiger partial charge on any atom is -0.314 e. The molecule has 0 aromatic carbocycles. The number of nitrogens with one attached hydrogen (secondary N) is 1. The number of piperidine rings is 2. The molecule has 2 heterocycles. The quantitative estimate of drug-likeness (QED) is 0.790. The van der Waals surface area contributed by atoms with Crippen LogP contribution in [0.1, 0.15) is 58.3 Å². The first-order chi connectivity index (χ1) is 7.90. The van der Waals surface area contributed by atoms with Crippen molar-refractivity contribution in [3.05, 3.63) is 0 Å². The van der Waals surface area contributed by atoms with Gasteiger partial charge in [-0.2, -0.15) is 0 Å². The summed E-state index contributed by atoms with van der Waals surface area (Å²) in [5, 5.41) is 3.66. The van der Waals surface area contributed by atoms with Crippen LogP contribution in [0.5, 0.6) is 0 Å². The van der Waals surface area contributed by atoms with Crippen LogP contribution in [-0.4, -0.2) is 36.6 Å². The van der Waals surface area contributed by atoms with Crippen molar-refractivity contribution in [1.82, 2.24) is 10.2 Å². The van der Waals surface area contributed by atoms with Crippen molar-refractivity contribution in [2.45, 2.75) is 70.4 Å². The van der Waals surface area contributed by atoms with Crippen LogP contribution in [0.25, 0.3) is 0 Å². The smallest absolute Gasteiger partial charge is 0.00926 e. The monoisotopic (exact) mass is 224 g/mol. The summed E-state index contributed by atoms with van der Waals surface area (Å²) in [6, 6.07) is 1.70. The SMILES string of the molecule is CC[C@H]1CCCCN1CC[C@H]1CCCCN1. The van der Waals surface area contributed by atoms with Gasteiger partial charge >= 0.3 is 0 Å². The highest BCUT2D eigenvalue weighted by Crippen LogP contribution is 2.20. The Morgan fingerprint density at radius 3 is 2.75 bits per heavy atom. The van der Waals surface area contributed by atoms with Crippen LogP contribution in [0.4, 0.5) is 0 Å². The van der Waals surface area contributed by atoms with Gasteiger partial charge in [0.1, 0.15) is 0 Å². The van der Waals surface area contributed by atoms with Crippen molar-refractivity contribution < 1.29 is 0 Å². The summed E-state index contributed by atoms with van der Waals surface area (Å²) < 4.78 is 0. The predicted octanol–water partition coefficient (Wildman–Crippen LogP) is 2.78. The summed E-state index contributed by atoms with van der Waals surface area (Å²) in [6.45, 7) is 6.28. The molecule has 0 aromatic rings. The highest BCUT2D eigenvalue weighted by Gasteiger charge is 2.21. The third-order valence-electron chi connectivity index (χ3n) is 4.40. The van der Waals surface area contributed by atoms with Crippen molar-refractivity contribution in [3.8, 4) is 0 Å². The fraction of sp³-hybridized carbons (Fsp3) is 1.00. The fourth-order valence-electron chi connectivity index (χ4n) is 3.31. The van der Waals surface area contributed by atoms with Gasteiger partial charge in [-0.1, -0.05) is 19.8 Å². The standard InChI is InChI=1S/C14H28N2/c1-2-14-8-4-6-11-16(14)12-9-13-7-3-5-10-15-13/h13-15H,2-12H2,1H3/t13-,14+/m1/s1. The second kappa shape index (κ2) is 6.61. The molecule has 2 heteroatoms. The van der Waals surface area contributed by atoms with Crippen LogP contribution in [0.15, 0.2) is 0 Å². The molecule has 16 heavy (non-hydrogen) atoms. The van der Waals surface area contributed by atoms with Crippen molar-refractivity contribution >= 4 is 0 Å². The van der Waals surface area contributed by atoms with E-state index in [1.165, 1.54) is 71.0 Å². The zero-order valence-electron chi connectivity index (χ0n) is 10.9. The zero-order chi connectivity index (χ0) is 11.2. The van der Waals surface area contributed by atoms with Gasteiger partial charge in [0.05, 0.1) is 0 Å². The van der Waals surface area contributed by atoms with E-state index < -0.39 is 0 Å². The first-order valence-corrected chi connectivity index (χ1v) is 7.37. The van der Waals surface area contributed by atoms with Crippen LogP contribution < -0.4 is 5.32 Å². The molecule has 2 rings (SSSR count). The first kappa shape index (κ1) is 12.4. The normalized spacial score (nSPS) is 32.8. The Morgan fingerprint density at radius 1 is 1.12 bits per heavy atom. The maximum absolute atomic E-state index is 3.66. The number of rotatable bonds is 4. The highest BCUT2D eigenvalue weighted by molar-refractivity contribution is 4.79. The second-order valence-corrected chi connectivity index (χ2v) is 5.53.